The summed E-state index contributed by atoms with van der Waals surface area (Å²) in [6.07, 6.45) is 0. The predicted octanol–water partition coefficient (Wildman–Crippen LogP) is 0.574. The van der Waals surface area contributed by atoms with Crippen molar-refractivity contribution in [1.82, 2.24) is 4.90 Å². The Morgan fingerprint density at radius 1 is 1.25 bits per heavy atom. The third-order valence-corrected chi connectivity index (χ3v) is 1.86. The van der Waals surface area contributed by atoms with Gasteiger partial charge in [-0.1, -0.05) is 0 Å². The van der Waals surface area contributed by atoms with Crippen LogP contribution in [0.15, 0.2) is 0 Å². The normalized spacial score (nSPS) is 12.8. The zero-order chi connectivity index (χ0) is 9.89. The summed E-state index contributed by atoms with van der Waals surface area (Å²) in [4.78, 5) is 23.1. The first-order valence-corrected chi connectivity index (χ1v) is 3.87. The molecule has 1 amide bonds. The van der Waals surface area contributed by atoms with Crippen molar-refractivity contribution in [3.05, 3.63) is 0 Å². The molecule has 0 fully saturated rings. The Bertz CT molecular complexity index is 189. The van der Waals surface area contributed by atoms with Crippen LogP contribution in [-0.2, 0) is 9.59 Å². The largest absolute Gasteiger partial charge is 0.481 e. The molecule has 0 aliphatic rings. The molecule has 0 saturated carbocycles. The van der Waals surface area contributed by atoms with E-state index in [9.17, 15) is 9.59 Å². The lowest BCUT2D eigenvalue weighted by Crippen LogP contribution is -2.39. The highest BCUT2D eigenvalue weighted by molar-refractivity contribution is 5.96. The first-order valence-electron chi connectivity index (χ1n) is 3.87. The lowest BCUT2D eigenvalue weighted by molar-refractivity contribution is -0.150. The van der Waals surface area contributed by atoms with Crippen molar-refractivity contribution in [1.29, 1.82) is 0 Å². The summed E-state index contributed by atoms with van der Waals surface area (Å²) in [5.74, 6) is -2.37. The molecule has 0 aliphatic carbocycles. The van der Waals surface area contributed by atoms with Crippen LogP contribution in [0.2, 0.25) is 0 Å². The molecule has 0 bridgehead atoms. The van der Waals surface area contributed by atoms with Crippen LogP contribution in [0.25, 0.3) is 0 Å². The molecule has 4 heteroatoms. The summed E-state index contributed by atoms with van der Waals surface area (Å²) in [5, 5.41) is 8.54. The molecule has 0 heterocycles. The van der Waals surface area contributed by atoms with E-state index >= 15 is 0 Å². The van der Waals surface area contributed by atoms with Crippen molar-refractivity contribution in [2.45, 2.75) is 26.8 Å². The minimum atomic E-state index is -1.08. The fourth-order valence-electron chi connectivity index (χ4n) is 0.666. The van der Waals surface area contributed by atoms with E-state index in [2.05, 4.69) is 0 Å². The second-order valence-corrected chi connectivity index (χ2v) is 3.10. The number of carboxylic acid groups (broad SMARTS) is 1. The maximum absolute atomic E-state index is 11.3. The van der Waals surface area contributed by atoms with Gasteiger partial charge in [-0.3, -0.25) is 9.59 Å². The number of carboxylic acids is 1. The number of amides is 1. The number of carbonyl (C=O) groups excluding carboxylic acids is 1. The first kappa shape index (κ1) is 10.9. The third kappa shape index (κ3) is 2.53. The standard InChI is InChI=1S/C8H15NO3/c1-5(2)9(4)7(10)6(3)8(11)12/h5-6H,1-4H3,(H,11,12). The quantitative estimate of drug-likeness (QED) is 0.635. The summed E-state index contributed by atoms with van der Waals surface area (Å²) in [6, 6.07) is 0.0410. The zero-order valence-corrected chi connectivity index (χ0v) is 7.87. The summed E-state index contributed by atoms with van der Waals surface area (Å²) < 4.78 is 0. The molecular weight excluding hydrogens is 158 g/mol. The first-order chi connectivity index (χ1) is 5.37. The van der Waals surface area contributed by atoms with Gasteiger partial charge in [-0.15, -0.1) is 0 Å². The van der Waals surface area contributed by atoms with Crippen LogP contribution in [0, 0.1) is 5.92 Å². The van der Waals surface area contributed by atoms with Crippen LogP contribution in [0.4, 0.5) is 0 Å². The van der Waals surface area contributed by atoms with Crippen LogP contribution < -0.4 is 0 Å². The molecule has 0 aliphatic heterocycles. The minimum Gasteiger partial charge on any atom is -0.481 e. The van der Waals surface area contributed by atoms with Gasteiger partial charge in [0, 0.05) is 13.1 Å². The van der Waals surface area contributed by atoms with Crippen LogP contribution in [0.1, 0.15) is 20.8 Å². The van der Waals surface area contributed by atoms with Crippen molar-refractivity contribution in [3.63, 3.8) is 0 Å². The minimum absolute atomic E-state index is 0.0410. The van der Waals surface area contributed by atoms with E-state index in [0.717, 1.165) is 0 Å². The van der Waals surface area contributed by atoms with Gasteiger partial charge in [-0.25, -0.2) is 0 Å². The van der Waals surface area contributed by atoms with Crippen molar-refractivity contribution >= 4 is 11.9 Å². The predicted molar refractivity (Wildman–Crippen MR) is 44.7 cm³/mol. The van der Waals surface area contributed by atoms with Gasteiger partial charge in [0.05, 0.1) is 0 Å². The Hall–Kier alpha value is -1.06. The number of hydrogen-bond donors (Lipinski definition) is 1. The number of aliphatic carboxylic acids is 1. The highest BCUT2D eigenvalue weighted by Crippen LogP contribution is 2.04. The molecular formula is C8H15NO3. The summed E-state index contributed by atoms with van der Waals surface area (Å²) in [6.45, 7) is 5.07. The molecule has 0 radical (unpaired) electrons. The molecule has 1 N–H and O–H groups in total. The Morgan fingerprint density at radius 3 is 1.92 bits per heavy atom. The van der Waals surface area contributed by atoms with E-state index in [1.165, 1.54) is 11.8 Å². The number of nitrogens with zero attached hydrogens (tertiary/aromatic N) is 1. The van der Waals surface area contributed by atoms with Crippen molar-refractivity contribution in [2.75, 3.05) is 7.05 Å². The third-order valence-electron chi connectivity index (χ3n) is 1.86. The molecule has 0 aromatic carbocycles. The van der Waals surface area contributed by atoms with Crippen LogP contribution >= 0.6 is 0 Å². The SMILES string of the molecule is CC(C(=O)O)C(=O)N(C)C(C)C. The van der Waals surface area contributed by atoms with Gasteiger partial charge in [0.25, 0.3) is 0 Å². The van der Waals surface area contributed by atoms with Gasteiger partial charge < -0.3 is 10.0 Å². The molecule has 0 rings (SSSR count). The van der Waals surface area contributed by atoms with Crippen molar-refractivity contribution in [2.24, 2.45) is 5.92 Å². The highest BCUT2D eigenvalue weighted by atomic mass is 16.4. The fraction of sp³-hybridized carbons (Fsp3) is 0.750. The smallest absolute Gasteiger partial charge is 0.315 e. The van der Waals surface area contributed by atoms with E-state index < -0.39 is 11.9 Å². The van der Waals surface area contributed by atoms with Crippen molar-refractivity contribution in [3.8, 4) is 0 Å². The Labute approximate surface area is 72.2 Å². The lowest BCUT2D eigenvalue weighted by Gasteiger charge is -2.23. The maximum atomic E-state index is 11.3. The van der Waals surface area contributed by atoms with E-state index in [-0.39, 0.29) is 11.9 Å². The van der Waals surface area contributed by atoms with Gasteiger partial charge in [0.1, 0.15) is 5.92 Å². The van der Waals surface area contributed by atoms with Crippen LogP contribution in [0.3, 0.4) is 0 Å². The average molecular weight is 173 g/mol. The Balaban J connectivity index is 4.29. The van der Waals surface area contributed by atoms with Crippen LogP contribution in [-0.4, -0.2) is 35.0 Å². The van der Waals surface area contributed by atoms with E-state index in [1.807, 2.05) is 13.8 Å². The molecule has 0 aromatic heterocycles. The lowest BCUT2D eigenvalue weighted by atomic mass is 10.1. The van der Waals surface area contributed by atoms with Gasteiger partial charge in [0.2, 0.25) is 5.91 Å². The Kier molecular flexibility index (Phi) is 3.73. The van der Waals surface area contributed by atoms with Gasteiger partial charge in [-0.05, 0) is 20.8 Å². The zero-order valence-electron chi connectivity index (χ0n) is 7.87. The number of rotatable bonds is 3. The fourth-order valence-corrected chi connectivity index (χ4v) is 0.666. The summed E-state index contributed by atoms with van der Waals surface area (Å²) in [5.41, 5.74) is 0. The van der Waals surface area contributed by atoms with Gasteiger partial charge >= 0.3 is 5.97 Å². The topological polar surface area (TPSA) is 57.6 Å². The highest BCUT2D eigenvalue weighted by Gasteiger charge is 2.24. The van der Waals surface area contributed by atoms with Gasteiger partial charge in [-0.2, -0.15) is 0 Å². The van der Waals surface area contributed by atoms with E-state index in [0.29, 0.717) is 0 Å². The molecule has 1 unspecified atom stereocenters. The molecule has 1 atom stereocenters. The molecule has 0 aromatic rings. The average Bonchev–Trinajstić information content (AvgIpc) is 2.00. The van der Waals surface area contributed by atoms with Crippen molar-refractivity contribution < 1.29 is 14.7 Å². The van der Waals surface area contributed by atoms with E-state index in [4.69, 9.17) is 5.11 Å². The molecule has 0 spiro atoms. The monoisotopic (exact) mass is 173 g/mol. The van der Waals surface area contributed by atoms with E-state index in [1.54, 1.807) is 7.05 Å². The van der Waals surface area contributed by atoms with Crippen LogP contribution in [0.5, 0.6) is 0 Å². The molecule has 4 nitrogen and oxygen atoms in total. The second-order valence-electron chi connectivity index (χ2n) is 3.10. The molecule has 0 saturated heterocycles. The Morgan fingerprint density at radius 2 is 1.67 bits per heavy atom. The summed E-state index contributed by atoms with van der Waals surface area (Å²) >= 11 is 0. The maximum Gasteiger partial charge on any atom is 0.315 e. The summed E-state index contributed by atoms with van der Waals surface area (Å²) in [7, 11) is 1.60. The number of hydrogen-bond acceptors (Lipinski definition) is 2. The van der Waals surface area contributed by atoms with Gasteiger partial charge in [0.15, 0.2) is 0 Å². The molecule has 12 heavy (non-hydrogen) atoms. The molecule has 70 valence electrons. The second kappa shape index (κ2) is 4.09. The number of carbonyl (C=O) groups is 2.